The van der Waals surface area contributed by atoms with Gasteiger partial charge >= 0.3 is 12.1 Å². The van der Waals surface area contributed by atoms with Crippen LogP contribution in [-0.4, -0.2) is 50.0 Å². The van der Waals surface area contributed by atoms with Crippen molar-refractivity contribution in [3.63, 3.8) is 0 Å². The average molecular weight is 642 g/mol. The Labute approximate surface area is 279 Å². The second-order valence-corrected chi connectivity index (χ2v) is 13.9. The Balaban J connectivity index is 1.19. The monoisotopic (exact) mass is 641 g/mol. The molecule has 0 unspecified atom stereocenters. The Morgan fingerprint density at radius 3 is 2.83 bits per heavy atom. The van der Waals surface area contributed by atoms with Gasteiger partial charge in [-0.1, -0.05) is 68.7 Å². The maximum Gasteiger partial charge on any atom is 0.407 e. The number of ether oxygens (including phenoxy) is 2. The van der Waals surface area contributed by atoms with Crippen molar-refractivity contribution >= 4 is 23.7 Å². The highest BCUT2D eigenvalue weighted by Gasteiger charge is 2.54. The largest absolute Gasteiger partial charge is 0.464 e. The van der Waals surface area contributed by atoms with Gasteiger partial charge in [0.2, 0.25) is 5.96 Å². The molecule has 5 aliphatic rings. The van der Waals surface area contributed by atoms with Gasteiger partial charge in [0.1, 0.15) is 13.2 Å². The summed E-state index contributed by atoms with van der Waals surface area (Å²) < 4.78 is 11.0. The molecule has 0 spiro atoms. The number of alkyl carbamates (subject to hydrolysis) is 1. The normalized spacial score (nSPS) is 27.2. The molecule has 0 aromatic heterocycles. The standard InChI is InChI=1S/C38H51N5O4/c1-4-5-6-11-34(44)46-21-20-41-37(45)47-24-27-9-7-8-10-29(27)32-23-38(3)25(2)12-17-33(38)31-15-13-26-22-28(14-16-30(26)35(31)32)42-43-36-39-18-19-40-36/h7-10,22,31-33H,2,4-6,11-21,23-24H2,1,3H3,(H,41,45)(H2,39,40,43)/t31-,32+,33-,38+/m0/s1. The van der Waals surface area contributed by atoms with Crippen molar-refractivity contribution in [1.29, 1.82) is 0 Å². The van der Waals surface area contributed by atoms with Gasteiger partial charge in [0.15, 0.2) is 0 Å². The minimum absolute atomic E-state index is 0.0974. The first-order chi connectivity index (χ1) is 22.9. The number of esters is 1. The number of hydrogen-bond donors (Lipinski definition) is 3. The molecule has 2 fully saturated rings. The van der Waals surface area contributed by atoms with Crippen LogP contribution in [0.15, 0.2) is 69.3 Å². The maximum absolute atomic E-state index is 12.7. The van der Waals surface area contributed by atoms with Crippen LogP contribution in [0.3, 0.4) is 0 Å². The van der Waals surface area contributed by atoms with Crippen LogP contribution < -0.4 is 16.1 Å². The molecular formula is C38H51N5O4. The van der Waals surface area contributed by atoms with Crippen molar-refractivity contribution in [3.05, 3.63) is 70.3 Å². The van der Waals surface area contributed by atoms with Gasteiger partial charge in [-0.05, 0) is 97.0 Å². The van der Waals surface area contributed by atoms with E-state index in [2.05, 4.69) is 65.8 Å². The minimum Gasteiger partial charge on any atom is -0.464 e. The molecule has 1 amide bonds. The Hall–Kier alpha value is -3.88. The van der Waals surface area contributed by atoms with Crippen LogP contribution in [-0.2, 0) is 20.9 Å². The van der Waals surface area contributed by atoms with Crippen molar-refractivity contribution in [2.75, 3.05) is 26.2 Å². The lowest BCUT2D eigenvalue weighted by Gasteiger charge is -2.51. The van der Waals surface area contributed by atoms with E-state index >= 15 is 0 Å². The molecule has 47 heavy (non-hydrogen) atoms. The van der Waals surface area contributed by atoms with E-state index in [0.717, 1.165) is 88.1 Å². The van der Waals surface area contributed by atoms with Gasteiger partial charge in [-0.15, -0.1) is 0 Å². The van der Waals surface area contributed by atoms with E-state index in [0.29, 0.717) is 18.3 Å². The van der Waals surface area contributed by atoms with Crippen molar-refractivity contribution < 1.29 is 19.1 Å². The fourth-order valence-corrected chi connectivity index (χ4v) is 8.65. The topological polar surface area (TPSA) is 113 Å². The molecule has 1 aromatic rings. The Morgan fingerprint density at radius 2 is 2.00 bits per heavy atom. The van der Waals surface area contributed by atoms with Gasteiger partial charge in [-0.25, -0.2) is 15.2 Å². The van der Waals surface area contributed by atoms with Crippen molar-refractivity contribution in [1.82, 2.24) is 16.1 Å². The Kier molecular flexibility index (Phi) is 10.5. The van der Waals surface area contributed by atoms with Crippen molar-refractivity contribution in [2.24, 2.45) is 27.3 Å². The van der Waals surface area contributed by atoms with Gasteiger partial charge in [0.05, 0.1) is 18.8 Å². The van der Waals surface area contributed by atoms with Crippen molar-refractivity contribution in [2.45, 2.75) is 97.0 Å². The molecule has 0 radical (unpaired) electrons. The lowest BCUT2D eigenvalue weighted by molar-refractivity contribution is -0.143. The second kappa shape index (κ2) is 14.9. The van der Waals surface area contributed by atoms with E-state index < -0.39 is 6.09 Å². The number of fused-ring (bicyclic) bond motifs is 4. The summed E-state index contributed by atoms with van der Waals surface area (Å²) in [5, 5.41) is 10.7. The first kappa shape index (κ1) is 33.0. The van der Waals surface area contributed by atoms with E-state index in [1.807, 2.05) is 6.07 Å². The molecule has 0 saturated heterocycles. The smallest absolute Gasteiger partial charge is 0.407 e. The zero-order valence-electron chi connectivity index (χ0n) is 28.2. The number of carbonyl (C=O) groups excluding carboxylic acids is 2. The summed E-state index contributed by atoms with van der Waals surface area (Å²) in [6.07, 6.45) is 12.6. The van der Waals surface area contributed by atoms with Crippen LogP contribution in [0, 0.1) is 17.3 Å². The van der Waals surface area contributed by atoms with Crippen LogP contribution in [0.2, 0.25) is 0 Å². The zero-order valence-corrected chi connectivity index (χ0v) is 28.2. The van der Waals surface area contributed by atoms with Gasteiger partial charge < -0.3 is 20.1 Å². The molecule has 4 aliphatic carbocycles. The number of nitrogens with zero attached hydrogens (tertiary/aromatic N) is 2. The van der Waals surface area contributed by atoms with Crippen LogP contribution in [0.4, 0.5) is 4.79 Å². The number of allylic oxidation sites excluding steroid dienone is 5. The summed E-state index contributed by atoms with van der Waals surface area (Å²) in [4.78, 5) is 28.9. The number of rotatable bonds is 11. The number of carbonyl (C=O) groups is 2. The van der Waals surface area contributed by atoms with E-state index in [1.165, 1.54) is 28.7 Å². The Morgan fingerprint density at radius 1 is 1.13 bits per heavy atom. The fourth-order valence-electron chi connectivity index (χ4n) is 8.65. The predicted octanol–water partition coefficient (Wildman–Crippen LogP) is 6.83. The molecule has 6 rings (SSSR count). The van der Waals surface area contributed by atoms with Crippen molar-refractivity contribution in [3.8, 4) is 0 Å². The lowest BCUT2D eigenvalue weighted by Crippen LogP contribution is -2.41. The molecule has 1 aromatic carbocycles. The van der Waals surface area contributed by atoms with Gasteiger partial charge in [0, 0.05) is 18.9 Å². The zero-order chi connectivity index (χ0) is 32.8. The number of benzene rings is 1. The highest BCUT2D eigenvalue weighted by Crippen LogP contribution is 2.65. The van der Waals surface area contributed by atoms with Gasteiger partial charge in [0.25, 0.3) is 0 Å². The average Bonchev–Trinajstić information content (AvgIpc) is 3.71. The first-order valence-electron chi connectivity index (χ1n) is 17.7. The third-order valence-electron chi connectivity index (χ3n) is 11.1. The third kappa shape index (κ3) is 7.34. The number of unbranched alkanes of at least 4 members (excludes halogenated alkanes) is 2. The summed E-state index contributed by atoms with van der Waals surface area (Å²) in [5.41, 5.74) is 12.5. The molecule has 1 aliphatic heterocycles. The Bertz CT molecular complexity index is 1490. The summed E-state index contributed by atoms with van der Waals surface area (Å²) in [5.74, 6) is 1.91. The number of nitrogens with one attached hydrogen (secondary N) is 3. The molecule has 9 nitrogen and oxygen atoms in total. The minimum atomic E-state index is -0.504. The summed E-state index contributed by atoms with van der Waals surface area (Å²) in [6, 6.07) is 8.47. The molecular weight excluding hydrogens is 590 g/mol. The molecule has 252 valence electrons. The molecule has 0 bridgehead atoms. The number of hydrogen-bond acceptors (Lipinski definition) is 8. The van der Waals surface area contributed by atoms with E-state index in [4.69, 9.17) is 14.6 Å². The summed E-state index contributed by atoms with van der Waals surface area (Å²) in [6.45, 7) is 11.3. The molecule has 1 heterocycles. The second-order valence-electron chi connectivity index (χ2n) is 13.9. The highest BCUT2D eigenvalue weighted by atomic mass is 16.6. The first-order valence-corrected chi connectivity index (χ1v) is 17.7. The molecule has 9 heteroatoms. The number of hydrazone groups is 1. The lowest BCUT2D eigenvalue weighted by atomic mass is 9.52. The molecule has 2 saturated carbocycles. The van der Waals surface area contributed by atoms with Gasteiger partial charge in [-0.2, -0.15) is 5.10 Å². The maximum atomic E-state index is 12.7. The fraction of sp³-hybridized carbons (Fsp3) is 0.579. The summed E-state index contributed by atoms with van der Waals surface area (Å²) in [7, 11) is 0. The number of amides is 1. The highest BCUT2D eigenvalue weighted by molar-refractivity contribution is 5.98. The predicted molar refractivity (Wildman–Crippen MR) is 185 cm³/mol. The number of aliphatic imine (C=N–C) groups is 1. The van der Waals surface area contributed by atoms with Crippen LogP contribution >= 0.6 is 0 Å². The van der Waals surface area contributed by atoms with Gasteiger partial charge in [-0.3, -0.25) is 4.79 Å². The SMILES string of the molecule is C=C1CC[C@H]2[C@@H]3CCC4=CC(=NNC5=NCCN5)CCC4=C3[C@@H](c3ccccc3COC(=O)NCCOC(=O)CCCCC)C[C@]12C. The third-order valence-corrected chi connectivity index (χ3v) is 11.1. The number of guanidine groups is 1. The van der Waals surface area contributed by atoms with Crippen LogP contribution in [0.5, 0.6) is 0 Å². The van der Waals surface area contributed by atoms with E-state index in [9.17, 15) is 9.59 Å². The molecule has 3 N–H and O–H groups in total. The van der Waals surface area contributed by atoms with E-state index in [1.54, 1.807) is 5.57 Å². The van der Waals surface area contributed by atoms with E-state index in [-0.39, 0.29) is 37.1 Å². The quantitative estimate of drug-likeness (QED) is 0.106. The molecule has 4 atom stereocenters. The summed E-state index contributed by atoms with van der Waals surface area (Å²) >= 11 is 0. The van der Waals surface area contributed by atoms with Crippen LogP contribution in [0.1, 0.15) is 102 Å². The van der Waals surface area contributed by atoms with Crippen LogP contribution in [0.25, 0.3) is 0 Å².